The van der Waals surface area contributed by atoms with Crippen LogP contribution in [0.4, 0.5) is 0 Å². The predicted molar refractivity (Wildman–Crippen MR) is 114 cm³/mol. The van der Waals surface area contributed by atoms with Crippen LogP contribution in [0.2, 0.25) is 0 Å². The number of rotatable bonds is 8. The highest BCUT2D eigenvalue weighted by atomic mass is 32.1. The van der Waals surface area contributed by atoms with Crippen LogP contribution in [0, 0.1) is 6.92 Å². The van der Waals surface area contributed by atoms with E-state index in [9.17, 15) is 4.79 Å². The Kier molecular flexibility index (Phi) is 6.90. The van der Waals surface area contributed by atoms with Gasteiger partial charge in [0.2, 0.25) is 5.91 Å². The van der Waals surface area contributed by atoms with Gasteiger partial charge in [-0.15, -0.1) is 11.3 Å². The van der Waals surface area contributed by atoms with Crippen molar-refractivity contribution >= 4 is 17.2 Å². The number of aromatic nitrogens is 2. The van der Waals surface area contributed by atoms with Gasteiger partial charge in [-0.25, -0.2) is 4.98 Å². The first-order valence-corrected chi connectivity index (χ1v) is 10.3. The van der Waals surface area contributed by atoms with Crippen molar-refractivity contribution in [1.82, 2.24) is 20.2 Å². The standard InChI is InChI=1S/C22H26N4OS/c1-16-4-6-17(7-5-16)20(26(2)3)14-24-21(27)9-8-19-15-28-22(25-19)18-10-12-23-13-11-18/h4-7,10-13,15,20H,8-9,14H2,1-3H3,(H,24,27). The lowest BCUT2D eigenvalue weighted by Crippen LogP contribution is -2.34. The average molecular weight is 395 g/mol. The van der Waals surface area contributed by atoms with Crippen molar-refractivity contribution in [3.63, 3.8) is 0 Å². The first kappa shape index (κ1) is 20.2. The number of nitrogens with one attached hydrogen (secondary N) is 1. The molecule has 3 aromatic rings. The number of benzene rings is 1. The molecule has 146 valence electrons. The number of carbonyl (C=O) groups excluding carboxylic acids is 1. The molecule has 0 aliphatic heterocycles. The lowest BCUT2D eigenvalue weighted by molar-refractivity contribution is -0.121. The molecule has 0 saturated heterocycles. The van der Waals surface area contributed by atoms with E-state index in [4.69, 9.17) is 0 Å². The highest BCUT2D eigenvalue weighted by Crippen LogP contribution is 2.23. The van der Waals surface area contributed by atoms with E-state index in [0.29, 0.717) is 19.4 Å². The van der Waals surface area contributed by atoms with Gasteiger partial charge in [0.25, 0.3) is 0 Å². The highest BCUT2D eigenvalue weighted by Gasteiger charge is 2.15. The van der Waals surface area contributed by atoms with Gasteiger partial charge >= 0.3 is 0 Å². The fourth-order valence-electron chi connectivity index (χ4n) is 2.98. The average Bonchev–Trinajstić information content (AvgIpc) is 3.17. The van der Waals surface area contributed by atoms with Crippen molar-refractivity contribution in [3.8, 4) is 10.6 Å². The molecule has 0 fully saturated rings. The summed E-state index contributed by atoms with van der Waals surface area (Å²) in [5.41, 5.74) is 4.45. The smallest absolute Gasteiger partial charge is 0.220 e. The molecule has 0 aliphatic rings. The fraction of sp³-hybridized carbons (Fsp3) is 0.318. The molecule has 1 unspecified atom stereocenters. The number of nitrogens with zero attached hydrogens (tertiary/aromatic N) is 3. The molecule has 6 heteroatoms. The molecule has 3 rings (SSSR count). The first-order chi connectivity index (χ1) is 13.5. The normalized spacial score (nSPS) is 12.1. The van der Waals surface area contributed by atoms with E-state index in [-0.39, 0.29) is 11.9 Å². The molecular weight excluding hydrogens is 368 g/mol. The van der Waals surface area contributed by atoms with Gasteiger partial charge < -0.3 is 10.2 Å². The Labute approximate surface area is 170 Å². The van der Waals surface area contributed by atoms with Crippen LogP contribution in [-0.4, -0.2) is 41.4 Å². The number of likely N-dealkylation sites (N-methyl/N-ethyl adjacent to an activating group) is 1. The molecule has 2 aromatic heterocycles. The molecule has 0 radical (unpaired) electrons. The maximum absolute atomic E-state index is 12.3. The molecule has 1 amide bonds. The number of carbonyl (C=O) groups is 1. The van der Waals surface area contributed by atoms with Gasteiger partial charge in [-0.3, -0.25) is 9.78 Å². The van der Waals surface area contributed by atoms with Gasteiger partial charge in [-0.1, -0.05) is 29.8 Å². The quantitative estimate of drug-likeness (QED) is 0.630. The van der Waals surface area contributed by atoms with Crippen molar-refractivity contribution in [2.45, 2.75) is 25.8 Å². The zero-order valence-corrected chi connectivity index (χ0v) is 17.4. The van der Waals surface area contributed by atoms with Crippen molar-refractivity contribution < 1.29 is 4.79 Å². The SMILES string of the molecule is Cc1ccc(C(CNC(=O)CCc2csc(-c3ccncc3)n2)N(C)C)cc1. The largest absolute Gasteiger partial charge is 0.354 e. The van der Waals surface area contributed by atoms with E-state index in [2.05, 4.69) is 51.4 Å². The van der Waals surface area contributed by atoms with Crippen LogP contribution in [0.1, 0.15) is 29.3 Å². The predicted octanol–water partition coefficient (Wildman–Crippen LogP) is 3.87. The van der Waals surface area contributed by atoms with E-state index in [0.717, 1.165) is 16.3 Å². The zero-order chi connectivity index (χ0) is 19.9. The molecule has 28 heavy (non-hydrogen) atoms. The Morgan fingerprint density at radius 1 is 1.14 bits per heavy atom. The van der Waals surface area contributed by atoms with Gasteiger partial charge in [0.05, 0.1) is 11.7 Å². The Hall–Kier alpha value is -2.57. The molecule has 0 aliphatic carbocycles. The third-order valence-electron chi connectivity index (χ3n) is 4.67. The van der Waals surface area contributed by atoms with E-state index < -0.39 is 0 Å². The van der Waals surface area contributed by atoms with Gasteiger partial charge in [-0.05, 0) is 45.1 Å². The van der Waals surface area contributed by atoms with Crippen LogP contribution in [-0.2, 0) is 11.2 Å². The van der Waals surface area contributed by atoms with Gasteiger partial charge in [0.15, 0.2) is 0 Å². The Morgan fingerprint density at radius 2 is 1.86 bits per heavy atom. The monoisotopic (exact) mass is 394 g/mol. The summed E-state index contributed by atoms with van der Waals surface area (Å²) in [5.74, 6) is 0.0532. The minimum Gasteiger partial charge on any atom is -0.354 e. The second kappa shape index (κ2) is 9.57. The first-order valence-electron chi connectivity index (χ1n) is 9.37. The summed E-state index contributed by atoms with van der Waals surface area (Å²) in [4.78, 5) is 23.1. The number of aryl methyl sites for hydroxylation is 2. The lowest BCUT2D eigenvalue weighted by atomic mass is 10.0. The summed E-state index contributed by atoms with van der Waals surface area (Å²) < 4.78 is 0. The molecule has 0 bridgehead atoms. The minimum atomic E-state index is 0.0532. The maximum Gasteiger partial charge on any atom is 0.220 e. The number of amides is 1. The van der Waals surface area contributed by atoms with Crippen LogP contribution in [0.3, 0.4) is 0 Å². The fourth-order valence-corrected chi connectivity index (χ4v) is 3.84. The van der Waals surface area contributed by atoms with Gasteiger partial charge in [0, 0.05) is 36.3 Å². The van der Waals surface area contributed by atoms with E-state index in [1.165, 1.54) is 11.1 Å². The zero-order valence-electron chi connectivity index (χ0n) is 16.6. The summed E-state index contributed by atoms with van der Waals surface area (Å²) in [5, 5.41) is 6.06. The van der Waals surface area contributed by atoms with Gasteiger partial charge in [-0.2, -0.15) is 0 Å². The Bertz CT molecular complexity index is 890. The summed E-state index contributed by atoms with van der Waals surface area (Å²) in [6.45, 7) is 2.67. The van der Waals surface area contributed by atoms with Gasteiger partial charge in [0.1, 0.15) is 5.01 Å². The molecule has 0 saturated carbocycles. The molecule has 1 atom stereocenters. The molecule has 0 spiro atoms. The molecule has 1 aromatic carbocycles. The Morgan fingerprint density at radius 3 is 2.54 bits per heavy atom. The number of hydrogen-bond acceptors (Lipinski definition) is 5. The van der Waals surface area contributed by atoms with Crippen LogP contribution < -0.4 is 5.32 Å². The summed E-state index contributed by atoms with van der Waals surface area (Å²) in [6, 6.07) is 12.5. The van der Waals surface area contributed by atoms with Crippen LogP contribution >= 0.6 is 11.3 Å². The minimum absolute atomic E-state index is 0.0532. The highest BCUT2D eigenvalue weighted by molar-refractivity contribution is 7.13. The second-order valence-corrected chi connectivity index (χ2v) is 7.93. The van der Waals surface area contributed by atoms with Crippen molar-refractivity contribution in [1.29, 1.82) is 0 Å². The van der Waals surface area contributed by atoms with Crippen molar-refractivity contribution in [2.24, 2.45) is 0 Å². The maximum atomic E-state index is 12.3. The van der Waals surface area contributed by atoms with E-state index in [1.54, 1.807) is 23.7 Å². The van der Waals surface area contributed by atoms with E-state index in [1.807, 2.05) is 31.6 Å². The van der Waals surface area contributed by atoms with E-state index >= 15 is 0 Å². The number of pyridine rings is 1. The van der Waals surface area contributed by atoms with Crippen molar-refractivity contribution in [2.75, 3.05) is 20.6 Å². The molecular formula is C22H26N4OS. The third kappa shape index (κ3) is 5.47. The Balaban J connectivity index is 1.51. The van der Waals surface area contributed by atoms with Crippen molar-refractivity contribution in [3.05, 3.63) is 71.0 Å². The van der Waals surface area contributed by atoms with Crippen LogP contribution in [0.15, 0.2) is 54.2 Å². The summed E-state index contributed by atoms with van der Waals surface area (Å²) in [6.07, 6.45) is 4.61. The molecule has 5 nitrogen and oxygen atoms in total. The summed E-state index contributed by atoms with van der Waals surface area (Å²) in [7, 11) is 4.07. The van der Waals surface area contributed by atoms with Crippen LogP contribution in [0.5, 0.6) is 0 Å². The third-order valence-corrected chi connectivity index (χ3v) is 5.61. The summed E-state index contributed by atoms with van der Waals surface area (Å²) >= 11 is 1.60. The second-order valence-electron chi connectivity index (χ2n) is 7.07. The number of hydrogen-bond donors (Lipinski definition) is 1. The molecule has 2 heterocycles. The topological polar surface area (TPSA) is 58.1 Å². The lowest BCUT2D eigenvalue weighted by Gasteiger charge is -2.25. The molecule has 1 N–H and O–H groups in total. The van der Waals surface area contributed by atoms with Crippen LogP contribution in [0.25, 0.3) is 10.6 Å². The number of thiazole rings is 1.